The standard InChI is InChI=1S/C36H31BrN2O6S/c1-5-44-35(41)30-21(2)38-36-39(32(30)31-25-14-10-9-13-24(25)15-16-27(31)42-3)34(40)29(46-36)19-23-17-26(37)33(28(18-23)43-4)45-20-22-11-7-6-8-12-22/h6-19,32H,5,20H2,1-4H3/b29-19-/t32-/m0/s1. The van der Waals surface area contributed by atoms with Crippen molar-refractivity contribution >= 4 is 50.1 Å². The van der Waals surface area contributed by atoms with Crippen molar-refractivity contribution in [2.75, 3.05) is 20.8 Å². The summed E-state index contributed by atoms with van der Waals surface area (Å²) in [5, 5.41) is 1.81. The number of methoxy groups -OCH3 is 2. The van der Waals surface area contributed by atoms with Crippen LogP contribution >= 0.6 is 27.3 Å². The van der Waals surface area contributed by atoms with Crippen molar-refractivity contribution in [1.82, 2.24) is 4.57 Å². The van der Waals surface area contributed by atoms with Crippen molar-refractivity contribution in [2.24, 2.45) is 4.99 Å². The van der Waals surface area contributed by atoms with Crippen molar-refractivity contribution in [1.29, 1.82) is 0 Å². The first-order chi connectivity index (χ1) is 22.3. The number of nitrogens with zero attached hydrogens (tertiary/aromatic N) is 2. The first-order valence-corrected chi connectivity index (χ1v) is 16.2. The fraction of sp³-hybridized carbons (Fsp3) is 0.194. The Morgan fingerprint density at radius 1 is 1.00 bits per heavy atom. The minimum atomic E-state index is -0.825. The van der Waals surface area contributed by atoms with Crippen molar-refractivity contribution < 1.29 is 23.7 Å². The van der Waals surface area contributed by atoms with E-state index in [1.807, 2.05) is 78.9 Å². The van der Waals surface area contributed by atoms with Gasteiger partial charge < -0.3 is 18.9 Å². The molecule has 5 aromatic rings. The number of carbonyl (C=O) groups is 1. The summed E-state index contributed by atoms with van der Waals surface area (Å²) in [6.07, 6.45) is 1.79. The number of rotatable bonds is 9. The highest BCUT2D eigenvalue weighted by molar-refractivity contribution is 9.10. The van der Waals surface area contributed by atoms with Crippen LogP contribution in [0.15, 0.2) is 104 Å². The molecule has 1 aliphatic heterocycles. The molecule has 1 atom stereocenters. The number of halogens is 1. The lowest BCUT2D eigenvalue weighted by atomic mass is 9.90. The quantitative estimate of drug-likeness (QED) is 0.168. The van der Waals surface area contributed by atoms with Crippen LogP contribution < -0.4 is 29.1 Å². The van der Waals surface area contributed by atoms with Gasteiger partial charge in [0.25, 0.3) is 5.56 Å². The molecule has 234 valence electrons. The van der Waals surface area contributed by atoms with Gasteiger partial charge in [-0.25, -0.2) is 9.79 Å². The molecule has 1 aromatic heterocycles. The number of esters is 1. The van der Waals surface area contributed by atoms with E-state index in [0.717, 1.165) is 21.9 Å². The molecular formula is C36H31BrN2O6S. The van der Waals surface area contributed by atoms with Gasteiger partial charge in [0, 0.05) is 5.56 Å². The summed E-state index contributed by atoms with van der Waals surface area (Å²) in [6.45, 7) is 4.07. The minimum Gasteiger partial charge on any atom is -0.496 e. The largest absolute Gasteiger partial charge is 0.496 e. The third kappa shape index (κ3) is 5.86. The zero-order chi connectivity index (χ0) is 32.4. The van der Waals surface area contributed by atoms with Gasteiger partial charge in [0.2, 0.25) is 0 Å². The Hall–Kier alpha value is -4.67. The highest BCUT2D eigenvalue weighted by Gasteiger charge is 2.36. The second kappa shape index (κ2) is 13.4. The molecule has 4 aromatic carbocycles. The Labute approximate surface area is 278 Å². The maximum Gasteiger partial charge on any atom is 0.338 e. The van der Waals surface area contributed by atoms with Crippen molar-refractivity contribution in [3.05, 3.63) is 131 Å². The van der Waals surface area contributed by atoms with Gasteiger partial charge in [-0.2, -0.15) is 0 Å². The topological polar surface area (TPSA) is 88.4 Å². The molecule has 0 fully saturated rings. The van der Waals surface area contributed by atoms with Crippen LogP contribution in [0.1, 0.15) is 36.6 Å². The van der Waals surface area contributed by atoms with Gasteiger partial charge in [-0.1, -0.05) is 72.0 Å². The number of ether oxygens (including phenoxy) is 4. The van der Waals surface area contributed by atoms with E-state index in [2.05, 4.69) is 15.9 Å². The lowest BCUT2D eigenvalue weighted by Crippen LogP contribution is -2.40. The molecule has 0 aliphatic carbocycles. The molecule has 8 nitrogen and oxygen atoms in total. The van der Waals surface area contributed by atoms with Crippen molar-refractivity contribution in [3.8, 4) is 17.2 Å². The fourth-order valence-electron chi connectivity index (χ4n) is 5.64. The Morgan fingerprint density at radius 3 is 2.48 bits per heavy atom. The summed E-state index contributed by atoms with van der Waals surface area (Å²) in [5.41, 5.74) is 2.92. The van der Waals surface area contributed by atoms with Crippen LogP contribution in [0.5, 0.6) is 17.2 Å². The highest BCUT2D eigenvalue weighted by atomic mass is 79.9. The number of carbonyl (C=O) groups excluding carboxylic acids is 1. The van der Waals surface area contributed by atoms with Crippen LogP contribution in [-0.4, -0.2) is 31.4 Å². The molecule has 0 spiro atoms. The van der Waals surface area contributed by atoms with Gasteiger partial charge in [0.15, 0.2) is 16.3 Å². The van der Waals surface area contributed by atoms with Crippen molar-refractivity contribution in [2.45, 2.75) is 26.5 Å². The molecule has 0 saturated heterocycles. The number of aromatic nitrogens is 1. The molecule has 0 N–H and O–H groups in total. The molecule has 0 amide bonds. The molecule has 0 bridgehead atoms. The number of fused-ring (bicyclic) bond motifs is 2. The first kappa shape index (κ1) is 31.3. The van der Waals surface area contributed by atoms with Gasteiger partial charge in [-0.05, 0) is 76.0 Å². The van der Waals surface area contributed by atoms with Gasteiger partial charge in [0.05, 0.1) is 41.1 Å². The van der Waals surface area contributed by atoms with Gasteiger partial charge >= 0.3 is 5.97 Å². The zero-order valence-corrected chi connectivity index (χ0v) is 28.1. The smallest absolute Gasteiger partial charge is 0.338 e. The maximum atomic E-state index is 14.3. The molecule has 6 rings (SSSR count). The van der Waals surface area contributed by atoms with E-state index in [9.17, 15) is 9.59 Å². The number of benzene rings is 4. The maximum absolute atomic E-state index is 14.3. The molecule has 1 aliphatic rings. The monoisotopic (exact) mass is 698 g/mol. The number of allylic oxidation sites excluding steroid dienone is 1. The third-order valence-electron chi connectivity index (χ3n) is 7.72. The highest BCUT2D eigenvalue weighted by Crippen LogP contribution is 2.41. The normalized spacial score (nSPS) is 14.5. The van der Waals surface area contributed by atoms with Gasteiger partial charge in [-0.15, -0.1) is 0 Å². The molecule has 0 radical (unpaired) electrons. The van der Waals surface area contributed by atoms with E-state index >= 15 is 0 Å². The number of thiazole rings is 1. The lowest BCUT2D eigenvalue weighted by Gasteiger charge is -2.27. The summed E-state index contributed by atoms with van der Waals surface area (Å²) in [7, 11) is 3.16. The Kier molecular flexibility index (Phi) is 9.10. The lowest BCUT2D eigenvalue weighted by molar-refractivity contribution is -0.139. The summed E-state index contributed by atoms with van der Waals surface area (Å²) < 4.78 is 25.8. The SMILES string of the molecule is CCOC(=O)C1=C(C)N=c2s/c(=C\c3cc(Br)c(OCc4ccccc4)c(OC)c3)c(=O)n2[C@@H]1c1c(OC)ccc2ccccc12. The van der Waals surface area contributed by atoms with Crippen LogP contribution in [-0.2, 0) is 16.1 Å². The second-order valence-corrected chi connectivity index (χ2v) is 12.4. The predicted molar refractivity (Wildman–Crippen MR) is 182 cm³/mol. The number of hydrogen-bond donors (Lipinski definition) is 0. The third-order valence-corrected chi connectivity index (χ3v) is 9.29. The summed E-state index contributed by atoms with van der Waals surface area (Å²) in [4.78, 5) is 33.0. The molecular weight excluding hydrogens is 668 g/mol. The van der Waals surface area contributed by atoms with E-state index in [4.69, 9.17) is 23.9 Å². The minimum absolute atomic E-state index is 0.182. The number of hydrogen-bond acceptors (Lipinski definition) is 8. The molecule has 10 heteroatoms. The average Bonchev–Trinajstić information content (AvgIpc) is 3.36. The van der Waals surface area contributed by atoms with Gasteiger partial charge in [0.1, 0.15) is 18.4 Å². The van der Waals surface area contributed by atoms with Crippen molar-refractivity contribution in [3.63, 3.8) is 0 Å². The molecule has 0 unspecified atom stereocenters. The van der Waals surface area contributed by atoms with E-state index in [0.29, 0.717) is 54.5 Å². The predicted octanol–water partition coefficient (Wildman–Crippen LogP) is 6.31. The Bertz CT molecular complexity index is 2170. The van der Waals surface area contributed by atoms with Gasteiger partial charge in [-0.3, -0.25) is 9.36 Å². The van der Waals surface area contributed by atoms with E-state index in [1.165, 1.54) is 11.3 Å². The average molecular weight is 700 g/mol. The van der Waals surface area contributed by atoms with Crippen LogP contribution in [0.2, 0.25) is 0 Å². The zero-order valence-electron chi connectivity index (χ0n) is 25.7. The fourth-order valence-corrected chi connectivity index (χ4v) is 7.27. The summed E-state index contributed by atoms with van der Waals surface area (Å²) >= 11 is 4.88. The van der Waals surface area contributed by atoms with E-state index in [1.54, 1.807) is 38.7 Å². The van der Waals surface area contributed by atoms with Crippen LogP contribution in [0.3, 0.4) is 0 Å². The second-order valence-electron chi connectivity index (χ2n) is 10.5. The van der Waals surface area contributed by atoms with E-state index < -0.39 is 12.0 Å². The first-order valence-electron chi connectivity index (χ1n) is 14.6. The Morgan fingerprint density at radius 2 is 1.74 bits per heavy atom. The van der Waals surface area contributed by atoms with Crippen LogP contribution in [0, 0.1) is 0 Å². The van der Waals surface area contributed by atoms with Crippen LogP contribution in [0.25, 0.3) is 16.8 Å². The van der Waals surface area contributed by atoms with Crippen LogP contribution in [0.4, 0.5) is 0 Å². The Balaban J connectivity index is 1.51. The molecule has 2 heterocycles. The summed E-state index contributed by atoms with van der Waals surface area (Å²) in [5.74, 6) is 1.10. The summed E-state index contributed by atoms with van der Waals surface area (Å²) in [6, 6.07) is 24.4. The molecule has 46 heavy (non-hydrogen) atoms. The van der Waals surface area contributed by atoms with E-state index in [-0.39, 0.29) is 12.2 Å². The molecule has 0 saturated carbocycles.